The molecule has 1 aliphatic heterocycles. The van der Waals surface area contributed by atoms with E-state index in [4.69, 9.17) is 0 Å². The molecule has 78 valence electrons. The Morgan fingerprint density at radius 1 is 1.36 bits per heavy atom. The first-order chi connectivity index (χ1) is 6.38. The first kappa shape index (κ1) is 11.4. The Balaban J connectivity index is 0.000000980. The molecule has 2 nitrogen and oxygen atoms in total. The van der Waals surface area contributed by atoms with Crippen molar-refractivity contribution in [1.82, 2.24) is 10.3 Å². The van der Waals surface area contributed by atoms with E-state index in [9.17, 15) is 4.39 Å². The first-order valence-corrected chi connectivity index (χ1v) is 4.69. The van der Waals surface area contributed by atoms with Gasteiger partial charge in [-0.15, -0.1) is 12.4 Å². The molecule has 0 saturated carbocycles. The summed E-state index contributed by atoms with van der Waals surface area (Å²) in [5.41, 5.74) is 0.781. The second-order valence-corrected chi connectivity index (χ2v) is 3.41. The van der Waals surface area contributed by atoms with Crippen molar-refractivity contribution in [2.24, 2.45) is 0 Å². The molecule has 14 heavy (non-hydrogen) atoms. The van der Waals surface area contributed by atoms with Gasteiger partial charge in [-0.05, 0) is 37.9 Å². The highest BCUT2D eigenvalue weighted by Gasteiger charge is 2.18. The Hall–Kier alpha value is -0.670. The molecule has 0 atom stereocenters. The second-order valence-electron chi connectivity index (χ2n) is 3.41. The number of rotatable bonds is 1. The van der Waals surface area contributed by atoms with E-state index in [1.165, 1.54) is 6.20 Å². The predicted octanol–water partition coefficient (Wildman–Crippen LogP) is 2.11. The highest BCUT2D eigenvalue weighted by Crippen LogP contribution is 2.25. The van der Waals surface area contributed by atoms with Crippen LogP contribution in [-0.4, -0.2) is 18.1 Å². The van der Waals surface area contributed by atoms with Crippen molar-refractivity contribution < 1.29 is 4.39 Å². The molecule has 1 aromatic heterocycles. The fourth-order valence-corrected chi connectivity index (χ4v) is 1.84. The van der Waals surface area contributed by atoms with Gasteiger partial charge in [0.2, 0.25) is 5.95 Å². The molecular weight excluding hydrogens is 203 g/mol. The molecule has 0 aliphatic carbocycles. The fourth-order valence-electron chi connectivity index (χ4n) is 1.84. The van der Waals surface area contributed by atoms with Crippen LogP contribution in [0.4, 0.5) is 4.39 Å². The van der Waals surface area contributed by atoms with E-state index in [0.717, 1.165) is 31.5 Å². The van der Waals surface area contributed by atoms with E-state index < -0.39 is 0 Å². The number of piperidine rings is 1. The van der Waals surface area contributed by atoms with E-state index in [1.807, 2.05) is 6.07 Å². The molecular formula is C10H14ClFN2. The van der Waals surface area contributed by atoms with Crippen molar-refractivity contribution in [3.63, 3.8) is 0 Å². The molecule has 0 aromatic carbocycles. The van der Waals surface area contributed by atoms with Crippen LogP contribution in [0.2, 0.25) is 0 Å². The van der Waals surface area contributed by atoms with Crippen LogP contribution in [-0.2, 0) is 0 Å². The summed E-state index contributed by atoms with van der Waals surface area (Å²) in [4.78, 5) is 3.67. The Bertz CT molecular complexity index is 287. The normalized spacial score (nSPS) is 17.5. The van der Waals surface area contributed by atoms with Gasteiger partial charge in [-0.25, -0.2) is 4.98 Å². The minimum Gasteiger partial charge on any atom is -0.317 e. The summed E-state index contributed by atoms with van der Waals surface area (Å²) in [6, 6.07) is 3.65. The van der Waals surface area contributed by atoms with Crippen LogP contribution in [0.3, 0.4) is 0 Å². The molecule has 1 aliphatic rings. The number of hydrogen-bond acceptors (Lipinski definition) is 2. The maximum Gasteiger partial charge on any atom is 0.216 e. The third-order valence-electron chi connectivity index (χ3n) is 2.57. The molecule has 0 bridgehead atoms. The second kappa shape index (κ2) is 5.27. The number of pyridine rings is 1. The van der Waals surface area contributed by atoms with E-state index in [1.54, 1.807) is 6.07 Å². The largest absolute Gasteiger partial charge is 0.317 e. The molecule has 0 amide bonds. The lowest BCUT2D eigenvalue weighted by molar-refractivity contribution is 0.438. The maximum absolute atomic E-state index is 13.2. The third kappa shape index (κ3) is 2.42. The Morgan fingerprint density at radius 2 is 2.07 bits per heavy atom. The zero-order chi connectivity index (χ0) is 9.10. The van der Waals surface area contributed by atoms with Crippen LogP contribution in [0.25, 0.3) is 0 Å². The van der Waals surface area contributed by atoms with Crippen molar-refractivity contribution in [2.45, 2.75) is 18.8 Å². The van der Waals surface area contributed by atoms with Crippen molar-refractivity contribution in [3.05, 3.63) is 29.8 Å². The standard InChI is InChI=1S/C10H13FN2.ClH/c11-10-9(2-1-5-13-10)8-3-6-12-7-4-8;/h1-2,5,8,12H,3-4,6-7H2;1H. The number of nitrogens with zero attached hydrogens (tertiary/aromatic N) is 1. The van der Waals surface area contributed by atoms with Gasteiger partial charge < -0.3 is 5.32 Å². The molecule has 0 radical (unpaired) electrons. The third-order valence-corrected chi connectivity index (χ3v) is 2.57. The van der Waals surface area contributed by atoms with Crippen molar-refractivity contribution >= 4 is 12.4 Å². The lowest BCUT2D eigenvalue weighted by atomic mass is 9.91. The molecule has 0 spiro atoms. The maximum atomic E-state index is 13.2. The van der Waals surface area contributed by atoms with Crippen molar-refractivity contribution in [1.29, 1.82) is 0 Å². The summed E-state index contributed by atoms with van der Waals surface area (Å²) in [6.07, 6.45) is 3.53. The van der Waals surface area contributed by atoms with Crippen LogP contribution in [0.5, 0.6) is 0 Å². The average Bonchev–Trinajstić information content (AvgIpc) is 2.20. The predicted molar refractivity (Wildman–Crippen MR) is 56.3 cm³/mol. The van der Waals surface area contributed by atoms with E-state index in [2.05, 4.69) is 10.3 Å². The topological polar surface area (TPSA) is 24.9 Å². The highest BCUT2D eigenvalue weighted by molar-refractivity contribution is 5.85. The van der Waals surface area contributed by atoms with Crippen LogP contribution in [0.1, 0.15) is 24.3 Å². The molecule has 1 N–H and O–H groups in total. The summed E-state index contributed by atoms with van der Waals surface area (Å²) in [7, 11) is 0. The molecule has 2 rings (SSSR count). The monoisotopic (exact) mass is 216 g/mol. The van der Waals surface area contributed by atoms with Gasteiger partial charge in [0.15, 0.2) is 0 Å². The zero-order valence-electron chi connectivity index (χ0n) is 7.87. The molecule has 4 heteroatoms. The Kier molecular flexibility index (Phi) is 4.29. The number of hydrogen-bond donors (Lipinski definition) is 1. The van der Waals surface area contributed by atoms with Gasteiger partial charge in [0.05, 0.1) is 0 Å². The first-order valence-electron chi connectivity index (χ1n) is 4.69. The van der Waals surface area contributed by atoms with Gasteiger partial charge in [-0.2, -0.15) is 4.39 Å². The van der Waals surface area contributed by atoms with E-state index in [0.29, 0.717) is 5.92 Å². The van der Waals surface area contributed by atoms with Gasteiger partial charge in [-0.3, -0.25) is 0 Å². The molecule has 0 unspecified atom stereocenters. The summed E-state index contributed by atoms with van der Waals surface area (Å²) in [6.45, 7) is 1.97. The van der Waals surface area contributed by atoms with Crippen LogP contribution in [0.15, 0.2) is 18.3 Å². The quantitative estimate of drug-likeness (QED) is 0.728. The van der Waals surface area contributed by atoms with Crippen LogP contribution in [0, 0.1) is 5.95 Å². The number of aromatic nitrogens is 1. The summed E-state index contributed by atoms with van der Waals surface area (Å²) in [5, 5.41) is 3.26. The number of halogens is 2. The Labute approximate surface area is 89.3 Å². The Morgan fingerprint density at radius 3 is 2.71 bits per heavy atom. The van der Waals surface area contributed by atoms with Crippen LogP contribution >= 0.6 is 12.4 Å². The fraction of sp³-hybridized carbons (Fsp3) is 0.500. The minimum atomic E-state index is -0.297. The summed E-state index contributed by atoms with van der Waals surface area (Å²) in [5.74, 6) is 0.0596. The average molecular weight is 217 g/mol. The van der Waals surface area contributed by atoms with Gasteiger partial charge in [0.25, 0.3) is 0 Å². The smallest absolute Gasteiger partial charge is 0.216 e. The number of nitrogens with one attached hydrogen (secondary N) is 1. The SMILES string of the molecule is Cl.Fc1ncccc1C1CCNCC1. The zero-order valence-corrected chi connectivity index (χ0v) is 8.69. The molecule has 1 aromatic rings. The lowest BCUT2D eigenvalue weighted by Crippen LogP contribution is -2.27. The van der Waals surface area contributed by atoms with Crippen LogP contribution < -0.4 is 5.32 Å². The highest BCUT2D eigenvalue weighted by atomic mass is 35.5. The molecule has 1 saturated heterocycles. The van der Waals surface area contributed by atoms with Gasteiger partial charge in [-0.1, -0.05) is 6.07 Å². The molecule has 1 fully saturated rings. The lowest BCUT2D eigenvalue weighted by Gasteiger charge is -2.22. The van der Waals surface area contributed by atoms with E-state index in [-0.39, 0.29) is 18.4 Å². The minimum absolute atomic E-state index is 0. The molecule has 2 heterocycles. The van der Waals surface area contributed by atoms with Gasteiger partial charge in [0, 0.05) is 11.8 Å². The van der Waals surface area contributed by atoms with Crippen molar-refractivity contribution in [2.75, 3.05) is 13.1 Å². The summed E-state index contributed by atoms with van der Waals surface area (Å²) < 4.78 is 13.2. The van der Waals surface area contributed by atoms with Crippen molar-refractivity contribution in [3.8, 4) is 0 Å². The summed E-state index contributed by atoms with van der Waals surface area (Å²) >= 11 is 0. The van der Waals surface area contributed by atoms with E-state index >= 15 is 0 Å². The van der Waals surface area contributed by atoms with Gasteiger partial charge in [0.1, 0.15) is 0 Å². The van der Waals surface area contributed by atoms with Gasteiger partial charge >= 0.3 is 0 Å².